The van der Waals surface area contributed by atoms with E-state index in [0.29, 0.717) is 16.7 Å². The van der Waals surface area contributed by atoms with Gasteiger partial charge in [0, 0.05) is 53.1 Å². The van der Waals surface area contributed by atoms with Gasteiger partial charge in [-0.2, -0.15) is 83.5 Å². The molecule has 0 bridgehead atoms. The van der Waals surface area contributed by atoms with E-state index in [-0.39, 0.29) is 109 Å². The van der Waals surface area contributed by atoms with Crippen molar-refractivity contribution in [3.63, 3.8) is 0 Å². The van der Waals surface area contributed by atoms with Gasteiger partial charge in [-0.1, -0.05) is 246 Å². The summed E-state index contributed by atoms with van der Waals surface area (Å²) >= 11 is 0. The first-order chi connectivity index (χ1) is 39.9. The van der Waals surface area contributed by atoms with Crippen LogP contribution >= 0.6 is 0 Å². The molecule has 0 spiro atoms. The Morgan fingerprint density at radius 1 is 0.264 bits per heavy atom. The minimum atomic E-state index is -0.281. The third-order valence-corrected chi connectivity index (χ3v) is 14.5. The van der Waals surface area contributed by atoms with E-state index < -0.39 is 0 Å². The Morgan fingerprint density at radius 2 is 0.414 bits per heavy atom. The smallest absolute Gasteiger partial charge is 0.247 e. The van der Waals surface area contributed by atoms with Crippen molar-refractivity contribution in [2.24, 2.45) is 0 Å². The number of rotatable bonds is 6. The van der Waals surface area contributed by atoms with Crippen LogP contribution in [-0.2, 0) is 58.4 Å². The molecule has 6 rings (SSSR count). The number of benzene rings is 3. The molecule has 0 heterocycles. The summed E-state index contributed by atoms with van der Waals surface area (Å²) in [5.74, 6) is 0. The summed E-state index contributed by atoms with van der Waals surface area (Å²) in [4.78, 5) is 0. The number of nitrogens with zero attached hydrogens (tertiary/aromatic N) is 12. The van der Waals surface area contributed by atoms with Crippen LogP contribution in [0.25, 0.3) is 16.7 Å². The van der Waals surface area contributed by atoms with Crippen molar-refractivity contribution in [1.82, 2.24) is 0 Å². The van der Waals surface area contributed by atoms with Crippen molar-refractivity contribution < 1.29 is 58.4 Å². The Morgan fingerprint density at radius 3 is 0.517 bits per heavy atom. The van der Waals surface area contributed by atoms with Crippen molar-refractivity contribution in [3.8, 4) is 72.8 Å². The molecule has 0 saturated heterocycles. The number of hydrogen-bond donors (Lipinski definition) is 0. The van der Waals surface area contributed by atoms with E-state index in [1.54, 1.807) is 164 Å². The van der Waals surface area contributed by atoms with E-state index in [0.717, 1.165) is 0 Å². The van der Waals surface area contributed by atoms with E-state index in [2.05, 4.69) is 122 Å². The molecule has 0 radical (unpaired) electrons. The molecule has 420 valence electrons. The first-order valence-corrected chi connectivity index (χ1v) is 25.7. The van der Waals surface area contributed by atoms with Gasteiger partial charge < -0.3 is 0 Å². The average Bonchev–Trinajstić information content (AvgIpc) is 3.80. The van der Waals surface area contributed by atoms with Crippen LogP contribution in [0, 0.1) is 258 Å². The molecule has 15 heteroatoms. The Hall–Kier alpha value is -10.1. The van der Waals surface area contributed by atoms with E-state index in [1.807, 2.05) is 0 Å². The van der Waals surface area contributed by atoms with Gasteiger partial charge in [0.15, 0.2) is 0 Å². The topological polar surface area (TPSA) is 285 Å². The van der Waals surface area contributed by atoms with Crippen LogP contribution in [0.2, 0.25) is 0 Å². The van der Waals surface area contributed by atoms with Crippen molar-refractivity contribution in [1.29, 1.82) is 63.1 Å². The molecule has 0 aliphatic carbocycles. The normalized spacial score (nSPS) is 8.45. The molecule has 0 aliphatic rings. The van der Waals surface area contributed by atoms with Gasteiger partial charge in [0.2, 0.25) is 0 Å². The van der Waals surface area contributed by atoms with Crippen molar-refractivity contribution in [3.05, 3.63) is 243 Å². The molecule has 0 atom stereocenters. The summed E-state index contributed by atoms with van der Waals surface area (Å²) in [5, 5.41) is 105. The quantitative estimate of drug-likeness (QED) is 0.0651. The fourth-order valence-corrected chi connectivity index (χ4v) is 7.90. The third-order valence-electron chi connectivity index (χ3n) is 14.5. The van der Waals surface area contributed by atoms with Crippen LogP contribution in [0.5, 0.6) is 0 Å². The summed E-state index contributed by atoms with van der Waals surface area (Å²) in [6.45, 7) is 33.0. The van der Waals surface area contributed by atoms with Crippen LogP contribution in [0.1, 0.15) is 100 Å². The molecule has 0 N–H and O–H groups in total. The standard InChI is InChI=1S/3C14H5N4.3C10H15.3Ru/c3*15-7-11(8-16)6-14(13(9-17)10-18)12-4-2-1-3-5-12;3*1-6-7(2)9(4)10(5)8(6)3;;;/h3*1-5H;3*1-5H3;;;/q6*-1;3*+6. The van der Waals surface area contributed by atoms with Gasteiger partial charge in [0.25, 0.3) is 0 Å². The van der Waals surface area contributed by atoms with Gasteiger partial charge >= 0.3 is 58.4 Å². The maximum atomic E-state index is 8.87. The second kappa shape index (κ2) is 41.8. The Kier molecular flexibility index (Phi) is 39.0. The monoisotopic (exact) mass is 1400 g/mol. The second-order valence-corrected chi connectivity index (χ2v) is 18.6. The summed E-state index contributed by atoms with van der Waals surface area (Å²) < 4.78 is 0. The maximum Gasteiger partial charge on any atom is 6.00 e. The molecule has 0 unspecified atom stereocenters. The van der Waals surface area contributed by atoms with Gasteiger partial charge in [-0.3, -0.25) is 0 Å². The van der Waals surface area contributed by atoms with E-state index >= 15 is 0 Å². The molecular formula is C72H60N12Ru3+12. The third kappa shape index (κ3) is 23.1. The molecular weight excluding hydrogens is 1340 g/mol. The molecule has 0 aromatic heterocycles. The van der Waals surface area contributed by atoms with Gasteiger partial charge in [0.1, 0.15) is 0 Å². The zero-order valence-corrected chi connectivity index (χ0v) is 56.3. The molecule has 87 heavy (non-hydrogen) atoms. The Labute approximate surface area is 553 Å². The van der Waals surface area contributed by atoms with Crippen LogP contribution in [0.15, 0.2) is 124 Å². The zero-order chi connectivity index (χ0) is 63.8. The van der Waals surface area contributed by atoms with Gasteiger partial charge in [-0.15, -0.1) is 0 Å². The Balaban J connectivity index is -0.000000985. The zero-order valence-electron chi connectivity index (χ0n) is 51.1. The second-order valence-electron chi connectivity index (χ2n) is 18.6. The maximum absolute atomic E-state index is 8.87. The van der Waals surface area contributed by atoms with Gasteiger partial charge in [-0.05, 0) is 0 Å². The molecule has 0 fully saturated rings. The average molecular weight is 1400 g/mol. The molecule has 12 nitrogen and oxygen atoms in total. The molecule has 0 saturated carbocycles. The van der Waals surface area contributed by atoms with Crippen LogP contribution in [0.4, 0.5) is 0 Å². The SMILES string of the molecule is Cc1c(C)c(C)[c-](C)c1C.Cc1c(C)c(C)[c-](C)c1C.Cc1c(C)c(C)[c-](C)c1C.N#CC(C#N)=[C-]C(=C(C#N)C#N)c1ccccc1.N#CC(C#N)=[C-]C(=C(C#N)C#N)c1ccccc1.N#CC(C#N)=[C-]C(=C(C#N)C#N)c1ccccc1.[Ru+6].[Ru+6].[Ru+6]. The van der Waals surface area contributed by atoms with Crippen LogP contribution in [0.3, 0.4) is 0 Å². The fraction of sp³-hybridized carbons (Fsp3) is 0.208. The van der Waals surface area contributed by atoms with Crippen molar-refractivity contribution >= 4 is 16.7 Å². The first kappa shape index (κ1) is 81.1. The van der Waals surface area contributed by atoms with Crippen LogP contribution < -0.4 is 0 Å². The van der Waals surface area contributed by atoms with E-state index in [9.17, 15) is 0 Å². The number of nitriles is 12. The largest absolute Gasteiger partial charge is 6.00 e. The molecule has 6 aromatic rings. The number of hydrogen-bond acceptors (Lipinski definition) is 12. The number of allylic oxidation sites excluding steroid dienone is 12. The molecule has 6 aromatic carbocycles. The Bertz CT molecular complexity index is 3360. The van der Waals surface area contributed by atoms with E-state index in [4.69, 9.17) is 63.1 Å². The predicted molar refractivity (Wildman–Crippen MR) is 325 cm³/mol. The predicted octanol–water partition coefficient (Wildman–Crippen LogP) is 15.6. The first-order valence-electron chi connectivity index (χ1n) is 25.7. The minimum Gasteiger partial charge on any atom is -0.247 e. The van der Waals surface area contributed by atoms with Crippen LogP contribution in [-0.4, -0.2) is 0 Å². The summed E-state index contributed by atoms with van der Waals surface area (Å²) in [7, 11) is 0. The van der Waals surface area contributed by atoms with Gasteiger partial charge in [0.05, 0.1) is 53.1 Å². The summed E-state index contributed by atoms with van der Waals surface area (Å²) in [5.41, 5.74) is 22.7. The van der Waals surface area contributed by atoms with Crippen molar-refractivity contribution in [2.75, 3.05) is 0 Å². The minimum absolute atomic E-state index is 0. The van der Waals surface area contributed by atoms with Crippen molar-refractivity contribution in [2.45, 2.75) is 104 Å². The fourth-order valence-electron chi connectivity index (χ4n) is 7.90. The summed E-state index contributed by atoms with van der Waals surface area (Å²) in [6.07, 6.45) is 7.50. The van der Waals surface area contributed by atoms with Gasteiger partial charge in [-0.25, -0.2) is 63.1 Å². The van der Waals surface area contributed by atoms with E-state index in [1.165, 1.54) is 83.5 Å². The summed E-state index contributed by atoms with van der Waals surface area (Å²) in [6, 6.07) is 45.9. The molecule has 0 amide bonds. The molecule has 0 aliphatic heterocycles.